The number of rotatable bonds is 5. The summed E-state index contributed by atoms with van der Waals surface area (Å²) in [6.45, 7) is 3.52. The number of aliphatic hydroxyl groups excluding tert-OH is 1. The number of thiophene rings is 1. The van der Waals surface area contributed by atoms with Gasteiger partial charge >= 0.3 is 0 Å². The Morgan fingerprint density at radius 1 is 1.43 bits per heavy atom. The van der Waals surface area contributed by atoms with E-state index in [4.69, 9.17) is 27.9 Å². The first kappa shape index (κ1) is 20.8. The molecular formula is C18H23Cl2N3O3S2. The summed E-state index contributed by atoms with van der Waals surface area (Å²) in [5, 5.41) is 15.1. The molecule has 0 aliphatic carbocycles. The van der Waals surface area contributed by atoms with Gasteiger partial charge in [0, 0.05) is 64.6 Å². The summed E-state index contributed by atoms with van der Waals surface area (Å²) in [4.78, 5) is 3.37. The number of piperidine rings is 1. The highest BCUT2D eigenvalue weighted by Gasteiger charge is 2.46. The van der Waals surface area contributed by atoms with Gasteiger partial charge in [0.15, 0.2) is 0 Å². The van der Waals surface area contributed by atoms with Crippen LogP contribution in [0.25, 0.3) is 0 Å². The number of halogens is 2. The second-order valence-electron chi connectivity index (χ2n) is 7.42. The van der Waals surface area contributed by atoms with Gasteiger partial charge in [-0.15, -0.1) is 11.3 Å². The standard InChI is InChI=1S/C18H23Cl2N3O3S2/c1-28(25)7-6-23-10-12(8-21-23)9-22-4-2-18(3-5-22)16-14(13(24)11-26-18)15(19)17(20)27-16/h8,10,13,24H,2-7,9,11H2,1H3. The number of hydrogen-bond acceptors (Lipinski definition) is 6. The number of aliphatic hydroxyl groups is 1. The van der Waals surface area contributed by atoms with Gasteiger partial charge in [0.25, 0.3) is 0 Å². The monoisotopic (exact) mass is 463 g/mol. The second kappa shape index (κ2) is 8.34. The van der Waals surface area contributed by atoms with Crippen LogP contribution < -0.4 is 0 Å². The number of ether oxygens (including phenoxy) is 1. The van der Waals surface area contributed by atoms with Crippen LogP contribution in [0.5, 0.6) is 0 Å². The van der Waals surface area contributed by atoms with E-state index in [0.29, 0.717) is 21.7 Å². The summed E-state index contributed by atoms with van der Waals surface area (Å²) in [6, 6.07) is 0. The van der Waals surface area contributed by atoms with Crippen molar-refractivity contribution in [2.75, 3.05) is 31.7 Å². The van der Waals surface area contributed by atoms with Crippen molar-refractivity contribution < 1.29 is 14.1 Å². The van der Waals surface area contributed by atoms with E-state index >= 15 is 0 Å². The zero-order valence-electron chi connectivity index (χ0n) is 15.6. The first-order valence-corrected chi connectivity index (χ1v) is 12.5. The van der Waals surface area contributed by atoms with E-state index in [1.807, 2.05) is 17.1 Å². The molecule has 4 heterocycles. The number of aromatic nitrogens is 2. The van der Waals surface area contributed by atoms with Gasteiger partial charge in [-0.2, -0.15) is 5.10 Å². The Morgan fingerprint density at radius 2 is 2.18 bits per heavy atom. The maximum absolute atomic E-state index is 11.2. The molecule has 1 saturated heterocycles. The number of nitrogens with zero attached hydrogens (tertiary/aromatic N) is 3. The molecule has 0 bridgehead atoms. The number of fused-ring (bicyclic) bond motifs is 2. The summed E-state index contributed by atoms with van der Waals surface area (Å²) in [6.07, 6.45) is 6.58. The molecule has 6 nitrogen and oxygen atoms in total. The smallest absolute Gasteiger partial charge is 0.112 e. The van der Waals surface area contributed by atoms with Crippen LogP contribution in [-0.4, -0.2) is 55.7 Å². The highest BCUT2D eigenvalue weighted by molar-refractivity contribution is 7.84. The predicted molar refractivity (Wildman–Crippen MR) is 113 cm³/mol. The first-order chi connectivity index (χ1) is 13.4. The summed E-state index contributed by atoms with van der Waals surface area (Å²) < 4.78 is 19.8. The Labute approximate surface area is 180 Å². The van der Waals surface area contributed by atoms with E-state index < -0.39 is 22.5 Å². The lowest BCUT2D eigenvalue weighted by atomic mass is 9.84. The van der Waals surface area contributed by atoms with Crippen molar-refractivity contribution >= 4 is 45.3 Å². The molecule has 2 aromatic heterocycles. The largest absolute Gasteiger partial charge is 0.386 e. The second-order valence-corrected chi connectivity index (χ2v) is 11.0. The lowest BCUT2D eigenvalue weighted by Gasteiger charge is -2.44. The third-order valence-corrected chi connectivity index (χ3v) is 8.43. The van der Waals surface area contributed by atoms with Crippen LogP contribution in [0, 0.1) is 0 Å². The minimum Gasteiger partial charge on any atom is -0.386 e. The normalized spacial score (nSPS) is 23.1. The molecule has 4 rings (SSSR count). The Hall–Kier alpha value is -0.480. The topological polar surface area (TPSA) is 67.6 Å². The molecule has 0 aromatic carbocycles. The molecule has 2 unspecified atom stereocenters. The third-order valence-electron chi connectivity index (χ3n) is 5.47. The lowest BCUT2D eigenvalue weighted by Crippen LogP contribution is -2.46. The first-order valence-electron chi connectivity index (χ1n) is 9.22. The summed E-state index contributed by atoms with van der Waals surface area (Å²) >= 11 is 14.0. The van der Waals surface area contributed by atoms with Crippen LogP contribution in [0.4, 0.5) is 0 Å². The van der Waals surface area contributed by atoms with Crippen molar-refractivity contribution in [3.63, 3.8) is 0 Å². The molecule has 2 atom stereocenters. The van der Waals surface area contributed by atoms with Crippen molar-refractivity contribution in [2.24, 2.45) is 0 Å². The maximum Gasteiger partial charge on any atom is 0.112 e. The van der Waals surface area contributed by atoms with Gasteiger partial charge in [0.05, 0.1) is 24.4 Å². The van der Waals surface area contributed by atoms with Crippen LogP contribution in [0.1, 0.15) is 34.9 Å². The Kier molecular flexibility index (Phi) is 6.19. The zero-order chi connectivity index (χ0) is 19.9. The molecule has 0 saturated carbocycles. The van der Waals surface area contributed by atoms with Gasteiger partial charge in [-0.25, -0.2) is 0 Å². The van der Waals surface area contributed by atoms with Crippen LogP contribution in [0.3, 0.4) is 0 Å². The number of likely N-dealkylation sites (tertiary alicyclic amines) is 1. The molecule has 10 heteroatoms. The summed E-state index contributed by atoms with van der Waals surface area (Å²) in [7, 11) is -0.811. The fourth-order valence-corrected chi connectivity index (χ4v) is 6.30. The molecule has 2 aromatic rings. The average Bonchev–Trinajstić information content (AvgIpc) is 3.24. The molecule has 1 spiro atoms. The van der Waals surface area contributed by atoms with Crippen molar-refractivity contribution in [2.45, 2.75) is 37.6 Å². The molecule has 0 radical (unpaired) electrons. The van der Waals surface area contributed by atoms with Gasteiger partial charge in [-0.1, -0.05) is 23.2 Å². The molecule has 2 aliphatic rings. The van der Waals surface area contributed by atoms with E-state index in [1.54, 1.807) is 6.26 Å². The van der Waals surface area contributed by atoms with E-state index in [-0.39, 0.29) is 6.61 Å². The minimum atomic E-state index is -0.811. The van der Waals surface area contributed by atoms with Crippen molar-refractivity contribution in [1.29, 1.82) is 0 Å². The van der Waals surface area contributed by atoms with Crippen LogP contribution in [0.2, 0.25) is 9.36 Å². The van der Waals surface area contributed by atoms with E-state index in [0.717, 1.165) is 48.5 Å². The fraction of sp³-hybridized carbons (Fsp3) is 0.611. The van der Waals surface area contributed by atoms with Gasteiger partial charge in [0.2, 0.25) is 0 Å². The predicted octanol–water partition coefficient (Wildman–Crippen LogP) is 3.18. The van der Waals surface area contributed by atoms with Gasteiger partial charge < -0.3 is 9.84 Å². The lowest BCUT2D eigenvalue weighted by molar-refractivity contribution is -0.129. The summed E-state index contributed by atoms with van der Waals surface area (Å²) in [5.74, 6) is 0.616. The van der Waals surface area contributed by atoms with Crippen LogP contribution >= 0.6 is 34.5 Å². The molecule has 154 valence electrons. The highest BCUT2D eigenvalue weighted by atomic mass is 35.5. The SMILES string of the molecule is CS(=O)CCn1cc(CN2CCC3(CC2)OCC(O)c2c3sc(Cl)c2Cl)cn1. The molecule has 1 N–H and O–H groups in total. The molecule has 0 amide bonds. The zero-order valence-corrected chi connectivity index (χ0v) is 18.7. The quantitative estimate of drug-likeness (QED) is 0.737. The fourth-order valence-electron chi connectivity index (χ4n) is 3.95. The van der Waals surface area contributed by atoms with Crippen molar-refractivity contribution in [3.05, 3.63) is 37.8 Å². The maximum atomic E-state index is 11.2. The van der Waals surface area contributed by atoms with E-state index in [9.17, 15) is 9.32 Å². The minimum absolute atomic E-state index is 0.255. The number of aryl methyl sites for hydroxylation is 1. The van der Waals surface area contributed by atoms with Gasteiger partial charge in [-0.05, 0) is 12.8 Å². The summed E-state index contributed by atoms with van der Waals surface area (Å²) in [5.41, 5.74) is 1.51. The molecule has 28 heavy (non-hydrogen) atoms. The number of hydrogen-bond donors (Lipinski definition) is 1. The van der Waals surface area contributed by atoms with Crippen LogP contribution in [-0.2, 0) is 34.2 Å². The Balaban J connectivity index is 1.41. The van der Waals surface area contributed by atoms with Gasteiger partial charge in [0.1, 0.15) is 16.0 Å². The third kappa shape index (κ3) is 4.05. The van der Waals surface area contributed by atoms with Gasteiger partial charge in [-0.3, -0.25) is 13.8 Å². The van der Waals surface area contributed by atoms with Crippen LogP contribution in [0.15, 0.2) is 12.4 Å². The highest BCUT2D eigenvalue weighted by Crippen LogP contribution is 2.52. The Morgan fingerprint density at radius 3 is 2.89 bits per heavy atom. The molecule has 1 fully saturated rings. The molecule has 2 aliphatic heterocycles. The average molecular weight is 464 g/mol. The Bertz CT molecular complexity index is 878. The van der Waals surface area contributed by atoms with E-state index in [2.05, 4.69) is 10.00 Å². The van der Waals surface area contributed by atoms with Crippen molar-refractivity contribution in [3.8, 4) is 0 Å². The van der Waals surface area contributed by atoms with E-state index in [1.165, 1.54) is 11.3 Å². The van der Waals surface area contributed by atoms with Crippen molar-refractivity contribution in [1.82, 2.24) is 14.7 Å². The molecular weight excluding hydrogens is 441 g/mol.